The molecular formula is C22H19NO6. The van der Waals surface area contributed by atoms with Gasteiger partial charge < -0.3 is 9.47 Å². The van der Waals surface area contributed by atoms with Crippen LogP contribution in [0.1, 0.15) is 30.6 Å². The number of nitro benzene ring substituents is 1. The predicted octanol–water partition coefficient (Wildman–Crippen LogP) is 4.16. The molecule has 0 aliphatic carbocycles. The van der Waals surface area contributed by atoms with E-state index in [0.717, 1.165) is 5.56 Å². The Morgan fingerprint density at radius 2 is 1.90 bits per heavy atom. The van der Waals surface area contributed by atoms with Gasteiger partial charge in [0, 0.05) is 24.1 Å². The summed E-state index contributed by atoms with van der Waals surface area (Å²) in [5.41, 5.74) is 1.92. The van der Waals surface area contributed by atoms with E-state index in [1.54, 1.807) is 6.92 Å². The zero-order valence-electron chi connectivity index (χ0n) is 15.7. The van der Waals surface area contributed by atoms with Crippen molar-refractivity contribution in [1.82, 2.24) is 0 Å². The maximum atomic E-state index is 12.4. The number of nitrogens with zero attached hydrogens (tertiary/aromatic N) is 1. The summed E-state index contributed by atoms with van der Waals surface area (Å²) in [5, 5.41) is 10.8. The largest absolute Gasteiger partial charge is 0.462 e. The van der Waals surface area contributed by atoms with Crippen molar-refractivity contribution in [2.24, 2.45) is 0 Å². The number of esters is 2. The SMILES string of the molecule is CCOC(=O)C(=C\c1ccc([N+](=O)[O-])cc1)/C=C1\CC(c2ccccc2)OC1=O. The molecule has 0 aromatic heterocycles. The Labute approximate surface area is 167 Å². The zero-order chi connectivity index (χ0) is 20.8. The highest BCUT2D eigenvalue weighted by Gasteiger charge is 2.30. The molecule has 0 spiro atoms. The van der Waals surface area contributed by atoms with Crippen molar-refractivity contribution in [2.45, 2.75) is 19.4 Å². The highest BCUT2D eigenvalue weighted by Crippen LogP contribution is 2.33. The van der Waals surface area contributed by atoms with Crippen LogP contribution in [-0.4, -0.2) is 23.5 Å². The Hall–Kier alpha value is -3.74. The van der Waals surface area contributed by atoms with Crippen LogP contribution in [0.2, 0.25) is 0 Å². The normalized spacial score (nSPS) is 17.8. The molecule has 2 aromatic carbocycles. The lowest BCUT2D eigenvalue weighted by Crippen LogP contribution is -2.07. The summed E-state index contributed by atoms with van der Waals surface area (Å²) in [7, 11) is 0. The first-order chi connectivity index (χ1) is 14.0. The van der Waals surface area contributed by atoms with E-state index in [1.807, 2.05) is 30.3 Å². The van der Waals surface area contributed by atoms with Gasteiger partial charge in [-0.05, 0) is 42.3 Å². The summed E-state index contributed by atoms with van der Waals surface area (Å²) in [6, 6.07) is 15.1. The maximum absolute atomic E-state index is 12.4. The van der Waals surface area contributed by atoms with Crippen molar-refractivity contribution >= 4 is 23.7 Å². The van der Waals surface area contributed by atoms with Crippen LogP contribution >= 0.6 is 0 Å². The van der Waals surface area contributed by atoms with E-state index in [4.69, 9.17) is 9.47 Å². The number of benzene rings is 2. The average Bonchev–Trinajstić information content (AvgIpc) is 3.09. The van der Waals surface area contributed by atoms with Gasteiger partial charge in [0.2, 0.25) is 0 Å². The standard InChI is InChI=1S/C22H19NO6/c1-2-28-21(24)17(12-15-8-10-19(11-9-15)23(26)27)13-18-14-20(29-22(18)25)16-6-4-3-5-7-16/h3-13,20H,2,14H2,1H3/b17-12-,18-13+. The second kappa shape index (κ2) is 8.97. The Morgan fingerprint density at radius 1 is 1.21 bits per heavy atom. The molecule has 1 fully saturated rings. The number of hydrogen-bond acceptors (Lipinski definition) is 6. The van der Waals surface area contributed by atoms with Gasteiger partial charge in [-0.3, -0.25) is 10.1 Å². The lowest BCUT2D eigenvalue weighted by molar-refractivity contribution is -0.384. The minimum absolute atomic E-state index is 0.0525. The summed E-state index contributed by atoms with van der Waals surface area (Å²) in [4.78, 5) is 35.0. The first-order valence-corrected chi connectivity index (χ1v) is 9.07. The second-order valence-electron chi connectivity index (χ2n) is 6.35. The van der Waals surface area contributed by atoms with Gasteiger partial charge in [0.25, 0.3) is 5.69 Å². The minimum atomic E-state index is -0.589. The fourth-order valence-corrected chi connectivity index (χ4v) is 2.93. The topological polar surface area (TPSA) is 95.7 Å². The average molecular weight is 393 g/mol. The molecule has 0 saturated carbocycles. The summed E-state index contributed by atoms with van der Waals surface area (Å²) in [5.74, 6) is -1.08. The van der Waals surface area contributed by atoms with Crippen LogP contribution in [0.5, 0.6) is 0 Å². The Bertz CT molecular complexity index is 976. The van der Waals surface area contributed by atoms with Gasteiger partial charge in [0.15, 0.2) is 0 Å². The quantitative estimate of drug-likeness (QED) is 0.317. The molecule has 0 N–H and O–H groups in total. The van der Waals surface area contributed by atoms with Crippen molar-refractivity contribution < 1.29 is 24.0 Å². The van der Waals surface area contributed by atoms with E-state index < -0.39 is 23.0 Å². The van der Waals surface area contributed by atoms with Crippen molar-refractivity contribution in [3.63, 3.8) is 0 Å². The third kappa shape index (κ3) is 4.95. The molecule has 0 radical (unpaired) electrons. The molecule has 1 aliphatic rings. The molecule has 2 aromatic rings. The molecule has 1 unspecified atom stereocenters. The molecule has 1 heterocycles. The molecule has 29 heavy (non-hydrogen) atoms. The Morgan fingerprint density at radius 3 is 2.52 bits per heavy atom. The minimum Gasteiger partial charge on any atom is -0.462 e. The van der Waals surface area contributed by atoms with Gasteiger partial charge in [-0.25, -0.2) is 9.59 Å². The van der Waals surface area contributed by atoms with Crippen LogP contribution in [-0.2, 0) is 19.1 Å². The predicted molar refractivity (Wildman–Crippen MR) is 106 cm³/mol. The molecule has 7 heteroatoms. The highest BCUT2D eigenvalue weighted by molar-refractivity contribution is 6.00. The first-order valence-electron chi connectivity index (χ1n) is 9.07. The molecular weight excluding hydrogens is 374 g/mol. The lowest BCUT2D eigenvalue weighted by Gasteiger charge is -2.07. The van der Waals surface area contributed by atoms with E-state index >= 15 is 0 Å². The van der Waals surface area contributed by atoms with Crippen LogP contribution in [0.4, 0.5) is 5.69 Å². The van der Waals surface area contributed by atoms with Gasteiger partial charge >= 0.3 is 11.9 Å². The third-order valence-corrected chi connectivity index (χ3v) is 4.36. The molecule has 1 atom stereocenters. The lowest BCUT2D eigenvalue weighted by atomic mass is 10.0. The summed E-state index contributed by atoms with van der Waals surface area (Å²) >= 11 is 0. The molecule has 0 amide bonds. The molecule has 1 aliphatic heterocycles. The smallest absolute Gasteiger partial charge is 0.338 e. The highest BCUT2D eigenvalue weighted by atomic mass is 16.6. The van der Waals surface area contributed by atoms with Crippen LogP contribution in [0.3, 0.4) is 0 Å². The molecule has 148 valence electrons. The maximum Gasteiger partial charge on any atom is 0.338 e. The van der Waals surface area contributed by atoms with E-state index in [9.17, 15) is 19.7 Å². The molecule has 0 bridgehead atoms. The van der Waals surface area contributed by atoms with Gasteiger partial charge in [-0.1, -0.05) is 30.3 Å². The van der Waals surface area contributed by atoms with Crippen LogP contribution < -0.4 is 0 Å². The number of carbonyl (C=O) groups excluding carboxylic acids is 2. The Balaban J connectivity index is 1.89. The monoisotopic (exact) mass is 393 g/mol. The number of rotatable bonds is 6. The summed E-state index contributed by atoms with van der Waals surface area (Å²) in [6.45, 7) is 1.86. The van der Waals surface area contributed by atoms with Gasteiger partial charge in [-0.15, -0.1) is 0 Å². The van der Waals surface area contributed by atoms with Crippen molar-refractivity contribution in [1.29, 1.82) is 0 Å². The van der Waals surface area contributed by atoms with Crippen molar-refractivity contribution in [3.8, 4) is 0 Å². The van der Waals surface area contributed by atoms with Crippen LogP contribution in [0.25, 0.3) is 6.08 Å². The fraction of sp³-hybridized carbons (Fsp3) is 0.182. The number of nitro groups is 1. The van der Waals surface area contributed by atoms with Crippen molar-refractivity contribution in [3.05, 3.63) is 93.1 Å². The number of non-ortho nitro benzene ring substituents is 1. The van der Waals surface area contributed by atoms with E-state index in [-0.39, 0.29) is 17.9 Å². The third-order valence-electron chi connectivity index (χ3n) is 4.36. The second-order valence-corrected chi connectivity index (χ2v) is 6.35. The van der Waals surface area contributed by atoms with Crippen LogP contribution in [0, 0.1) is 10.1 Å². The first kappa shape index (κ1) is 20.0. The number of cyclic esters (lactones) is 1. The summed E-state index contributed by atoms with van der Waals surface area (Å²) in [6.07, 6.45) is 2.92. The fourth-order valence-electron chi connectivity index (χ4n) is 2.93. The molecule has 3 rings (SSSR count). The molecule has 7 nitrogen and oxygen atoms in total. The Kier molecular flexibility index (Phi) is 6.19. The number of carbonyl (C=O) groups is 2. The van der Waals surface area contributed by atoms with Crippen molar-refractivity contribution in [2.75, 3.05) is 6.61 Å². The summed E-state index contributed by atoms with van der Waals surface area (Å²) < 4.78 is 10.5. The van der Waals surface area contributed by atoms with Gasteiger partial charge in [-0.2, -0.15) is 0 Å². The van der Waals surface area contributed by atoms with Gasteiger partial charge in [0.1, 0.15) is 6.10 Å². The van der Waals surface area contributed by atoms with E-state index in [1.165, 1.54) is 36.4 Å². The zero-order valence-corrected chi connectivity index (χ0v) is 15.7. The van der Waals surface area contributed by atoms with E-state index in [0.29, 0.717) is 17.6 Å². The number of hydrogen-bond donors (Lipinski definition) is 0. The van der Waals surface area contributed by atoms with E-state index in [2.05, 4.69) is 0 Å². The molecule has 1 saturated heterocycles. The number of ether oxygens (including phenoxy) is 2. The van der Waals surface area contributed by atoms with Gasteiger partial charge in [0.05, 0.1) is 17.1 Å². The van der Waals surface area contributed by atoms with Crippen LogP contribution in [0.15, 0.2) is 71.8 Å².